The predicted molar refractivity (Wildman–Crippen MR) is 75.4 cm³/mol. The minimum absolute atomic E-state index is 0.436. The standard InChI is InChI=1S/C8H4ClI2NS/c9-4-1-2-5-6(3-4)13-8(12-5)7(10)11/h1-3,7H. The van der Waals surface area contributed by atoms with Crippen molar-refractivity contribution in [1.82, 2.24) is 4.98 Å². The molecule has 0 aliphatic heterocycles. The Morgan fingerprint density at radius 2 is 2.15 bits per heavy atom. The first-order chi connectivity index (χ1) is 6.16. The van der Waals surface area contributed by atoms with Gasteiger partial charge in [-0.05, 0) is 18.2 Å². The van der Waals surface area contributed by atoms with Gasteiger partial charge in [-0.3, -0.25) is 0 Å². The largest absolute Gasteiger partial charge is 0.239 e. The van der Waals surface area contributed by atoms with E-state index < -0.39 is 0 Å². The van der Waals surface area contributed by atoms with Gasteiger partial charge in [-0.1, -0.05) is 56.8 Å². The molecule has 0 amide bonds. The molecule has 0 radical (unpaired) electrons. The fourth-order valence-electron chi connectivity index (χ4n) is 1.01. The minimum Gasteiger partial charge on any atom is -0.239 e. The van der Waals surface area contributed by atoms with Crippen LogP contribution in [0.5, 0.6) is 0 Å². The zero-order chi connectivity index (χ0) is 9.42. The van der Waals surface area contributed by atoms with Crippen LogP contribution in [0.1, 0.15) is 6.94 Å². The Kier molecular flexibility index (Phi) is 3.32. The number of benzene rings is 1. The van der Waals surface area contributed by atoms with Crippen LogP contribution in [0.25, 0.3) is 10.2 Å². The predicted octanol–water partition coefficient (Wildman–Crippen LogP) is 4.82. The van der Waals surface area contributed by atoms with Gasteiger partial charge in [0.2, 0.25) is 0 Å². The quantitative estimate of drug-likeness (QED) is 0.463. The summed E-state index contributed by atoms with van der Waals surface area (Å²) in [7, 11) is 0. The first-order valence-electron chi connectivity index (χ1n) is 3.51. The van der Waals surface area contributed by atoms with Gasteiger partial charge in [0.25, 0.3) is 0 Å². The lowest BCUT2D eigenvalue weighted by Crippen LogP contribution is -1.74. The van der Waals surface area contributed by atoms with E-state index in [-0.39, 0.29) is 0 Å². The van der Waals surface area contributed by atoms with E-state index in [1.54, 1.807) is 11.3 Å². The lowest BCUT2D eigenvalue weighted by Gasteiger charge is -1.90. The number of alkyl halides is 2. The summed E-state index contributed by atoms with van der Waals surface area (Å²) in [5.74, 6) is 0. The molecule has 0 bridgehead atoms. The molecule has 5 heteroatoms. The van der Waals surface area contributed by atoms with Crippen molar-refractivity contribution >= 4 is 78.3 Å². The SMILES string of the molecule is Clc1ccc2nc(C(I)I)sc2c1. The Bertz CT molecular complexity index is 441. The molecule has 1 aromatic carbocycles. The summed E-state index contributed by atoms with van der Waals surface area (Å²) in [6.45, 7) is 0. The molecule has 1 heterocycles. The highest BCUT2D eigenvalue weighted by atomic mass is 127. The Hall–Kier alpha value is 0.860. The summed E-state index contributed by atoms with van der Waals surface area (Å²) < 4.78 is 1.60. The summed E-state index contributed by atoms with van der Waals surface area (Å²) in [5, 5.41) is 1.93. The van der Waals surface area contributed by atoms with Gasteiger partial charge < -0.3 is 0 Å². The van der Waals surface area contributed by atoms with Crippen molar-refractivity contribution in [3.63, 3.8) is 0 Å². The van der Waals surface area contributed by atoms with Crippen molar-refractivity contribution in [2.75, 3.05) is 0 Å². The number of halogens is 3. The smallest absolute Gasteiger partial charge is 0.117 e. The summed E-state index contributed by atoms with van der Waals surface area (Å²) >= 11 is 12.3. The molecule has 2 rings (SSSR count). The number of thiazole rings is 1. The van der Waals surface area contributed by atoms with Crippen LogP contribution in [-0.2, 0) is 0 Å². The third-order valence-electron chi connectivity index (χ3n) is 1.55. The topological polar surface area (TPSA) is 12.9 Å². The zero-order valence-corrected chi connectivity index (χ0v) is 12.2. The van der Waals surface area contributed by atoms with E-state index in [4.69, 9.17) is 11.6 Å². The van der Waals surface area contributed by atoms with Crippen LogP contribution in [0, 0.1) is 0 Å². The summed E-state index contributed by atoms with van der Waals surface area (Å²) in [4.78, 5) is 4.50. The number of hydrogen-bond acceptors (Lipinski definition) is 2. The number of rotatable bonds is 1. The van der Waals surface area contributed by atoms with Crippen molar-refractivity contribution in [3.8, 4) is 0 Å². The maximum Gasteiger partial charge on any atom is 0.117 e. The molecular weight excluding hydrogens is 431 g/mol. The monoisotopic (exact) mass is 435 g/mol. The van der Waals surface area contributed by atoms with Crippen molar-refractivity contribution in [2.24, 2.45) is 0 Å². The van der Waals surface area contributed by atoms with Crippen LogP contribution in [0.3, 0.4) is 0 Å². The van der Waals surface area contributed by atoms with Crippen LogP contribution >= 0.6 is 68.1 Å². The highest BCUT2D eigenvalue weighted by molar-refractivity contribution is 14.2. The normalized spacial score (nSPS) is 11.4. The van der Waals surface area contributed by atoms with Gasteiger partial charge >= 0.3 is 0 Å². The Balaban J connectivity index is 2.62. The number of hydrogen-bond donors (Lipinski definition) is 0. The van der Waals surface area contributed by atoms with E-state index in [1.807, 2.05) is 18.2 Å². The Morgan fingerprint density at radius 1 is 1.38 bits per heavy atom. The van der Waals surface area contributed by atoms with Gasteiger partial charge in [0, 0.05) is 5.02 Å². The second-order valence-corrected chi connectivity index (χ2v) is 8.84. The van der Waals surface area contributed by atoms with Gasteiger partial charge in [-0.15, -0.1) is 11.3 Å². The molecule has 1 nitrogen and oxygen atoms in total. The van der Waals surface area contributed by atoms with Gasteiger partial charge in [-0.2, -0.15) is 0 Å². The molecule has 0 aliphatic carbocycles. The summed E-state index contributed by atoms with van der Waals surface area (Å²) in [6, 6.07) is 5.81. The van der Waals surface area contributed by atoms with E-state index in [0.717, 1.165) is 15.5 Å². The molecule has 0 aliphatic rings. The van der Waals surface area contributed by atoms with E-state index in [0.29, 0.717) is 1.93 Å². The fourth-order valence-corrected chi connectivity index (χ4v) is 3.15. The molecule has 2 aromatic rings. The van der Waals surface area contributed by atoms with Crippen LogP contribution in [0.2, 0.25) is 5.02 Å². The highest BCUT2D eigenvalue weighted by Crippen LogP contribution is 2.36. The minimum atomic E-state index is 0.436. The third-order valence-corrected chi connectivity index (χ3v) is 4.90. The van der Waals surface area contributed by atoms with Gasteiger partial charge in [-0.25, -0.2) is 4.98 Å². The van der Waals surface area contributed by atoms with E-state index >= 15 is 0 Å². The molecule has 13 heavy (non-hydrogen) atoms. The molecule has 0 spiro atoms. The van der Waals surface area contributed by atoms with Crippen LogP contribution in [0.4, 0.5) is 0 Å². The van der Waals surface area contributed by atoms with Crippen LogP contribution in [-0.4, -0.2) is 4.98 Å². The fraction of sp³-hybridized carbons (Fsp3) is 0.125. The number of fused-ring (bicyclic) bond motifs is 1. The molecule has 1 aromatic heterocycles. The highest BCUT2D eigenvalue weighted by Gasteiger charge is 2.09. The van der Waals surface area contributed by atoms with Crippen molar-refractivity contribution in [3.05, 3.63) is 28.2 Å². The maximum atomic E-state index is 5.88. The average Bonchev–Trinajstić information content (AvgIpc) is 2.46. The van der Waals surface area contributed by atoms with Gasteiger partial charge in [0.05, 0.1) is 10.2 Å². The average molecular weight is 435 g/mol. The molecule has 0 N–H and O–H groups in total. The van der Waals surface area contributed by atoms with Crippen molar-refractivity contribution in [1.29, 1.82) is 0 Å². The van der Waals surface area contributed by atoms with Crippen molar-refractivity contribution < 1.29 is 0 Å². The molecule has 68 valence electrons. The summed E-state index contributed by atoms with van der Waals surface area (Å²) in [6.07, 6.45) is 0. The third kappa shape index (κ3) is 2.27. The molecule has 0 saturated heterocycles. The van der Waals surface area contributed by atoms with Gasteiger partial charge in [0.15, 0.2) is 0 Å². The number of nitrogens with zero attached hydrogens (tertiary/aromatic N) is 1. The summed E-state index contributed by atoms with van der Waals surface area (Å²) in [5.41, 5.74) is 1.04. The van der Waals surface area contributed by atoms with E-state index in [1.165, 1.54) is 4.70 Å². The maximum absolute atomic E-state index is 5.88. The van der Waals surface area contributed by atoms with E-state index in [2.05, 4.69) is 50.2 Å². The lowest BCUT2D eigenvalue weighted by atomic mass is 10.3. The Labute approximate surface area is 112 Å². The molecule has 0 unspecified atom stereocenters. The molecule has 0 fully saturated rings. The first-order valence-corrected chi connectivity index (χ1v) is 7.19. The lowest BCUT2D eigenvalue weighted by molar-refractivity contribution is 1.34. The second kappa shape index (κ2) is 4.16. The second-order valence-electron chi connectivity index (χ2n) is 2.46. The molecule has 0 saturated carbocycles. The molecular formula is C8H4ClI2NS. The van der Waals surface area contributed by atoms with Crippen LogP contribution in [0.15, 0.2) is 18.2 Å². The number of aromatic nitrogens is 1. The van der Waals surface area contributed by atoms with Crippen molar-refractivity contribution in [2.45, 2.75) is 1.93 Å². The zero-order valence-electron chi connectivity index (χ0n) is 6.30. The Morgan fingerprint density at radius 3 is 2.85 bits per heavy atom. The first kappa shape index (κ1) is 10.4. The van der Waals surface area contributed by atoms with E-state index in [9.17, 15) is 0 Å². The molecule has 0 atom stereocenters. The van der Waals surface area contributed by atoms with Gasteiger partial charge in [0.1, 0.15) is 6.94 Å². The van der Waals surface area contributed by atoms with Crippen LogP contribution < -0.4 is 0 Å².